The van der Waals surface area contributed by atoms with E-state index in [1.165, 1.54) is 0 Å². The first-order chi connectivity index (χ1) is 11.0. The third-order valence-corrected chi connectivity index (χ3v) is 5.00. The number of rotatable bonds is 0. The quantitative estimate of drug-likeness (QED) is 0.690. The molecule has 0 aliphatic carbocycles. The summed E-state index contributed by atoms with van der Waals surface area (Å²) in [6.07, 6.45) is 1.62. The van der Waals surface area contributed by atoms with E-state index in [9.17, 15) is 0 Å². The number of nitrogens with two attached hydrogens (primary N) is 1. The van der Waals surface area contributed by atoms with Gasteiger partial charge in [-0.3, -0.25) is 0 Å². The van der Waals surface area contributed by atoms with Gasteiger partial charge < -0.3 is 15.2 Å². The Kier molecular flexibility index (Phi) is 3.28. The summed E-state index contributed by atoms with van der Waals surface area (Å²) in [5, 5.41) is 0.387. The topological polar surface area (TPSA) is 69.7 Å². The predicted molar refractivity (Wildman–Crippen MR) is 91.0 cm³/mol. The zero-order valence-corrected chi connectivity index (χ0v) is 14.6. The van der Waals surface area contributed by atoms with E-state index < -0.39 is 5.54 Å². The molecule has 2 N–H and O–H groups in total. The van der Waals surface area contributed by atoms with Crippen LogP contribution < -0.4 is 10.5 Å². The second kappa shape index (κ2) is 5.11. The summed E-state index contributed by atoms with van der Waals surface area (Å²) in [5.74, 6) is 1.41. The highest BCUT2D eigenvalue weighted by atomic mass is 79.9. The maximum atomic E-state index is 6.13. The summed E-state index contributed by atoms with van der Waals surface area (Å²) in [6.45, 7) is 2.53. The molecule has 0 amide bonds. The largest absolute Gasteiger partial charge is 0.465 e. The molecule has 2 aromatic rings. The van der Waals surface area contributed by atoms with Crippen LogP contribution in [0.3, 0.4) is 0 Å². The van der Waals surface area contributed by atoms with E-state index in [-0.39, 0.29) is 11.9 Å². The molecular formula is C16H13BrClN3O2. The molecular weight excluding hydrogens is 382 g/mol. The Labute approximate surface area is 146 Å². The van der Waals surface area contributed by atoms with Crippen molar-refractivity contribution >= 4 is 33.6 Å². The van der Waals surface area contributed by atoms with Gasteiger partial charge in [0.25, 0.3) is 6.02 Å². The highest BCUT2D eigenvalue weighted by Crippen LogP contribution is 2.54. The van der Waals surface area contributed by atoms with E-state index >= 15 is 0 Å². The van der Waals surface area contributed by atoms with Crippen molar-refractivity contribution in [1.29, 1.82) is 0 Å². The third kappa shape index (κ3) is 2.12. The van der Waals surface area contributed by atoms with Crippen molar-refractivity contribution in [3.05, 3.63) is 51.2 Å². The number of aromatic nitrogens is 1. The molecule has 2 unspecified atom stereocenters. The molecule has 1 aromatic carbocycles. The Morgan fingerprint density at radius 1 is 1.30 bits per heavy atom. The normalized spacial score (nSPS) is 25.0. The van der Waals surface area contributed by atoms with Gasteiger partial charge in [0.1, 0.15) is 16.4 Å². The molecule has 2 atom stereocenters. The minimum atomic E-state index is -0.707. The summed E-state index contributed by atoms with van der Waals surface area (Å²) in [5.41, 5.74) is 6.99. The Balaban J connectivity index is 2.09. The van der Waals surface area contributed by atoms with Crippen molar-refractivity contribution in [1.82, 2.24) is 4.98 Å². The molecule has 118 valence electrons. The second-order valence-corrected chi connectivity index (χ2v) is 6.98. The molecule has 0 fully saturated rings. The summed E-state index contributed by atoms with van der Waals surface area (Å²) in [7, 11) is 0. The Morgan fingerprint density at radius 3 is 2.91 bits per heavy atom. The summed E-state index contributed by atoms with van der Waals surface area (Å²) in [6, 6.07) is 7.80. The summed E-state index contributed by atoms with van der Waals surface area (Å²) >= 11 is 9.66. The van der Waals surface area contributed by atoms with Gasteiger partial charge >= 0.3 is 0 Å². The van der Waals surface area contributed by atoms with Crippen molar-refractivity contribution in [2.24, 2.45) is 16.6 Å². The number of amidine groups is 1. The van der Waals surface area contributed by atoms with Gasteiger partial charge in [-0.15, -0.1) is 0 Å². The van der Waals surface area contributed by atoms with Crippen LogP contribution in [0.15, 0.2) is 39.9 Å². The molecule has 7 heteroatoms. The molecule has 0 bridgehead atoms. The Hall–Kier alpha value is -1.79. The number of aliphatic imine (C=N–C) groups is 1. The van der Waals surface area contributed by atoms with Crippen LogP contribution in [0.25, 0.3) is 0 Å². The summed E-state index contributed by atoms with van der Waals surface area (Å²) in [4.78, 5) is 8.83. The average Bonchev–Trinajstić information content (AvgIpc) is 2.52. The number of nitrogens with zero attached hydrogens (tertiary/aromatic N) is 2. The molecule has 23 heavy (non-hydrogen) atoms. The van der Waals surface area contributed by atoms with Gasteiger partial charge in [-0.1, -0.05) is 34.5 Å². The van der Waals surface area contributed by atoms with Crippen LogP contribution in [0.2, 0.25) is 5.15 Å². The van der Waals surface area contributed by atoms with Gasteiger partial charge in [0.15, 0.2) is 5.75 Å². The molecule has 5 nitrogen and oxygen atoms in total. The molecule has 0 saturated heterocycles. The van der Waals surface area contributed by atoms with Crippen molar-refractivity contribution in [3.63, 3.8) is 0 Å². The molecule has 2 aliphatic rings. The number of fused-ring (bicyclic) bond motifs is 4. The van der Waals surface area contributed by atoms with Crippen LogP contribution >= 0.6 is 27.5 Å². The van der Waals surface area contributed by atoms with Crippen LogP contribution in [-0.2, 0) is 10.3 Å². The number of halogens is 2. The van der Waals surface area contributed by atoms with E-state index in [0.717, 1.165) is 21.3 Å². The van der Waals surface area contributed by atoms with Crippen LogP contribution in [0.4, 0.5) is 0 Å². The minimum absolute atomic E-state index is 0.0453. The lowest BCUT2D eigenvalue weighted by Crippen LogP contribution is -2.44. The highest BCUT2D eigenvalue weighted by Gasteiger charge is 2.49. The molecule has 1 spiro atoms. The number of pyridine rings is 1. The first-order valence-corrected chi connectivity index (χ1v) is 8.30. The van der Waals surface area contributed by atoms with Crippen LogP contribution in [-0.4, -0.2) is 17.6 Å². The Bertz CT molecular complexity index is 789. The van der Waals surface area contributed by atoms with E-state index in [1.807, 2.05) is 18.2 Å². The fourth-order valence-corrected chi connectivity index (χ4v) is 3.77. The van der Waals surface area contributed by atoms with Crippen molar-refractivity contribution < 1.29 is 9.47 Å². The maximum absolute atomic E-state index is 6.13. The fraction of sp³-hybridized carbons (Fsp3) is 0.250. The first kappa shape index (κ1) is 14.8. The predicted octanol–water partition coefficient (Wildman–Crippen LogP) is 3.83. The zero-order valence-electron chi connectivity index (χ0n) is 12.2. The molecule has 0 radical (unpaired) electrons. The van der Waals surface area contributed by atoms with Gasteiger partial charge in [-0.05, 0) is 24.3 Å². The van der Waals surface area contributed by atoms with Crippen molar-refractivity contribution in [3.8, 4) is 11.5 Å². The third-order valence-electron chi connectivity index (χ3n) is 4.30. The molecule has 1 aromatic heterocycles. The van der Waals surface area contributed by atoms with Gasteiger partial charge in [0, 0.05) is 21.5 Å². The summed E-state index contributed by atoms with van der Waals surface area (Å²) < 4.78 is 12.4. The lowest BCUT2D eigenvalue weighted by molar-refractivity contribution is 0.152. The van der Waals surface area contributed by atoms with E-state index in [4.69, 9.17) is 31.8 Å². The lowest BCUT2D eigenvalue weighted by atomic mass is 9.72. The van der Waals surface area contributed by atoms with E-state index in [1.54, 1.807) is 12.3 Å². The van der Waals surface area contributed by atoms with Gasteiger partial charge in [0.2, 0.25) is 0 Å². The van der Waals surface area contributed by atoms with Gasteiger partial charge in [0.05, 0.1) is 12.8 Å². The standard InChI is InChI=1S/C16H13BrClN3O2/c1-8-7-22-15(19)21-16(8)10-4-9(17)2-3-12(10)23-13-6-20-14(18)5-11(13)16/h2-6,8H,7H2,1H3,(H2,19,21). The van der Waals surface area contributed by atoms with Crippen LogP contribution in [0.1, 0.15) is 18.1 Å². The van der Waals surface area contributed by atoms with E-state index in [2.05, 4.69) is 27.8 Å². The second-order valence-electron chi connectivity index (χ2n) is 5.67. The Morgan fingerprint density at radius 2 is 2.09 bits per heavy atom. The first-order valence-electron chi connectivity index (χ1n) is 7.13. The lowest BCUT2D eigenvalue weighted by Gasteiger charge is -2.43. The maximum Gasteiger partial charge on any atom is 0.283 e. The SMILES string of the molecule is CC1COC(N)=NC12c1cc(Br)ccc1Oc1cnc(Cl)cc12. The molecule has 0 saturated carbocycles. The number of benzene rings is 1. The molecule has 3 heterocycles. The average molecular weight is 395 g/mol. The number of hydrogen-bond donors (Lipinski definition) is 1. The number of hydrogen-bond acceptors (Lipinski definition) is 5. The zero-order chi connectivity index (χ0) is 16.2. The monoisotopic (exact) mass is 393 g/mol. The molecule has 2 aliphatic heterocycles. The fourth-order valence-electron chi connectivity index (χ4n) is 3.25. The van der Waals surface area contributed by atoms with Crippen LogP contribution in [0, 0.1) is 5.92 Å². The smallest absolute Gasteiger partial charge is 0.283 e. The minimum Gasteiger partial charge on any atom is -0.465 e. The van der Waals surface area contributed by atoms with Crippen molar-refractivity contribution in [2.75, 3.05) is 6.61 Å². The van der Waals surface area contributed by atoms with E-state index in [0.29, 0.717) is 17.5 Å². The molecule has 4 rings (SSSR count). The van der Waals surface area contributed by atoms with Crippen molar-refractivity contribution in [2.45, 2.75) is 12.5 Å². The van der Waals surface area contributed by atoms with Gasteiger partial charge in [-0.2, -0.15) is 0 Å². The van der Waals surface area contributed by atoms with Gasteiger partial charge in [-0.25, -0.2) is 9.98 Å². The number of ether oxygens (including phenoxy) is 2. The van der Waals surface area contributed by atoms with Crippen LogP contribution in [0.5, 0.6) is 11.5 Å². The highest BCUT2D eigenvalue weighted by molar-refractivity contribution is 9.10.